The van der Waals surface area contributed by atoms with Crippen molar-refractivity contribution < 1.29 is 13.2 Å². The average molecular weight is 295 g/mol. The molecule has 110 valence electrons. The molecule has 1 amide bonds. The van der Waals surface area contributed by atoms with Crippen LogP contribution in [0.5, 0.6) is 0 Å². The summed E-state index contributed by atoms with van der Waals surface area (Å²) in [5.41, 5.74) is 1.17. The van der Waals surface area contributed by atoms with Crippen molar-refractivity contribution in [1.29, 1.82) is 0 Å². The van der Waals surface area contributed by atoms with Crippen molar-refractivity contribution in [2.45, 2.75) is 32.2 Å². The van der Waals surface area contributed by atoms with E-state index in [0.717, 1.165) is 6.42 Å². The Morgan fingerprint density at radius 3 is 2.55 bits per heavy atom. The van der Waals surface area contributed by atoms with Crippen LogP contribution in [0.2, 0.25) is 0 Å². The molecule has 1 atom stereocenters. The molecule has 0 bridgehead atoms. The van der Waals surface area contributed by atoms with E-state index in [1.165, 1.54) is 5.56 Å². The van der Waals surface area contributed by atoms with Gasteiger partial charge in [0.25, 0.3) is 0 Å². The number of carbonyl (C=O) groups excluding carboxylic acids is 1. The van der Waals surface area contributed by atoms with E-state index in [2.05, 4.69) is 0 Å². The van der Waals surface area contributed by atoms with Crippen molar-refractivity contribution in [2.75, 3.05) is 18.1 Å². The zero-order chi connectivity index (χ0) is 14.6. The molecular formula is C15H21NO3S. The standard InChI is InChI=1S/C15H21NO3S/c1-2-15(17)16(14-9-11-20(18,19)12-14)10-8-13-6-4-3-5-7-13/h3-7,14H,2,8-12H2,1H3. The van der Waals surface area contributed by atoms with Gasteiger partial charge in [-0.15, -0.1) is 0 Å². The predicted octanol–water partition coefficient (Wildman–Crippen LogP) is 1.65. The monoisotopic (exact) mass is 295 g/mol. The molecule has 1 aromatic rings. The topological polar surface area (TPSA) is 54.5 Å². The summed E-state index contributed by atoms with van der Waals surface area (Å²) in [7, 11) is -2.96. The molecule has 1 fully saturated rings. The summed E-state index contributed by atoms with van der Waals surface area (Å²) >= 11 is 0. The van der Waals surface area contributed by atoms with Gasteiger partial charge in [0.15, 0.2) is 9.84 Å². The van der Waals surface area contributed by atoms with Crippen molar-refractivity contribution in [1.82, 2.24) is 4.90 Å². The summed E-state index contributed by atoms with van der Waals surface area (Å²) in [5, 5.41) is 0. The average Bonchev–Trinajstić information content (AvgIpc) is 2.80. The maximum absolute atomic E-state index is 12.1. The van der Waals surface area contributed by atoms with Gasteiger partial charge >= 0.3 is 0 Å². The number of rotatable bonds is 5. The second-order valence-electron chi connectivity index (χ2n) is 5.23. The van der Waals surface area contributed by atoms with Crippen LogP contribution in [0.25, 0.3) is 0 Å². The molecule has 4 nitrogen and oxygen atoms in total. The van der Waals surface area contributed by atoms with E-state index in [-0.39, 0.29) is 23.5 Å². The molecule has 1 unspecified atom stereocenters. The molecule has 0 spiro atoms. The summed E-state index contributed by atoms with van der Waals surface area (Å²) in [6.07, 6.45) is 1.76. The van der Waals surface area contributed by atoms with Crippen molar-refractivity contribution in [2.24, 2.45) is 0 Å². The number of hydrogen-bond acceptors (Lipinski definition) is 3. The van der Waals surface area contributed by atoms with Gasteiger partial charge in [0, 0.05) is 19.0 Å². The highest BCUT2D eigenvalue weighted by Crippen LogP contribution is 2.19. The minimum absolute atomic E-state index is 0.0445. The number of hydrogen-bond donors (Lipinski definition) is 0. The van der Waals surface area contributed by atoms with E-state index < -0.39 is 9.84 Å². The fourth-order valence-electron chi connectivity index (χ4n) is 2.63. The number of carbonyl (C=O) groups is 1. The molecule has 1 aliphatic heterocycles. The molecule has 0 aliphatic carbocycles. The maximum Gasteiger partial charge on any atom is 0.222 e. The first-order chi connectivity index (χ1) is 9.52. The van der Waals surface area contributed by atoms with Crippen LogP contribution in [0, 0.1) is 0 Å². The summed E-state index contributed by atoms with van der Waals surface area (Å²) in [4.78, 5) is 13.8. The van der Waals surface area contributed by atoms with Crippen molar-refractivity contribution >= 4 is 15.7 Å². The zero-order valence-corrected chi connectivity index (χ0v) is 12.6. The van der Waals surface area contributed by atoms with Gasteiger partial charge in [-0.1, -0.05) is 37.3 Å². The molecule has 20 heavy (non-hydrogen) atoms. The highest BCUT2D eigenvalue weighted by molar-refractivity contribution is 7.91. The van der Waals surface area contributed by atoms with E-state index in [1.54, 1.807) is 4.90 Å². The van der Waals surface area contributed by atoms with Gasteiger partial charge in [0.05, 0.1) is 11.5 Å². The van der Waals surface area contributed by atoms with Gasteiger partial charge in [0.1, 0.15) is 0 Å². The summed E-state index contributed by atoms with van der Waals surface area (Å²) in [5.74, 6) is 0.368. The van der Waals surface area contributed by atoms with E-state index in [9.17, 15) is 13.2 Å². The van der Waals surface area contributed by atoms with E-state index in [4.69, 9.17) is 0 Å². The Kier molecular flexibility index (Phi) is 4.81. The molecule has 0 aromatic heterocycles. The van der Waals surface area contributed by atoms with Crippen LogP contribution in [0.15, 0.2) is 30.3 Å². The molecule has 1 aromatic carbocycles. The molecule has 1 heterocycles. The van der Waals surface area contributed by atoms with Crippen LogP contribution >= 0.6 is 0 Å². The largest absolute Gasteiger partial charge is 0.338 e. The number of sulfone groups is 1. The lowest BCUT2D eigenvalue weighted by Gasteiger charge is -2.28. The quantitative estimate of drug-likeness (QED) is 0.830. The highest BCUT2D eigenvalue weighted by atomic mass is 32.2. The van der Waals surface area contributed by atoms with Gasteiger partial charge in [-0.25, -0.2) is 8.42 Å². The molecule has 0 radical (unpaired) electrons. The molecular weight excluding hydrogens is 274 g/mol. The van der Waals surface area contributed by atoms with Crippen LogP contribution in [-0.4, -0.2) is 43.3 Å². The fraction of sp³-hybridized carbons (Fsp3) is 0.533. The minimum atomic E-state index is -2.96. The van der Waals surface area contributed by atoms with Gasteiger partial charge < -0.3 is 4.90 Å². The second kappa shape index (κ2) is 6.39. The Hall–Kier alpha value is -1.36. The Labute approximate surface area is 120 Å². The Morgan fingerprint density at radius 2 is 2.00 bits per heavy atom. The SMILES string of the molecule is CCC(=O)N(CCc1ccccc1)C1CCS(=O)(=O)C1. The summed E-state index contributed by atoms with van der Waals surface area (Å²) in [6, 6.07) is 9.82. The normalized spacial score (nSPS) is 20.8. The number of benzene rings is 1. The Balaban J connectivity index is 2.03. The molecule has 1 saturated heterocycles. The van der Waals surface area contributed by atoms with Gasteiger partial charge in [-0.2, -0.15) is 0 Å². The fourth-order valence-corrected chi connectivity index (χ4v) is 4.36. The first-order valence-electron chi connectivity index (χ1n) is 7.05. The third kappa shape index (κ3) is 3.82. The number of amides is 1. The summed E-state index contributed by atoms with van der Waals surface area (Å²) in [6.45, 7) is 2.41. The van der Waals surface area contributed by atoms with Crippen molar-refractivity contribution in [3.63, 3.8) is 0 Å². The lowest BCUT2D eigenvalue weighted by molar-refractivity contribution is -0.132. The first-order valence-corrected chi connectivity index (χ1v) is 8.88. The smallest absolute Gasteiger partial charge is 0.222 e. The van der Waals surface area contributed by atoms with E-state index >= 15 is 0 Å². The molecule has 0 saturated carbocycles. The third-order valence-electron chi connectivity index (χ3n) is 3.76. The van der Waals surface area contributed by atoms with Crippen LogP contribution in [0.1, 0.15) is 25.3 Å². The lowest BCUT2D eigenvalue weighted by atomic mass is 10.1. The van der Waals surface area contributed by atoms with Gasteiger partial charge in [-0.05, 0) is 18.4 Å². The van der Waals surface area contributed by atoms with Crippen LogP contribution in [-0.2, 0) is 21.1 Å². The van der Waals surface area contributed by atoms with Crippen molar-refractivity contribution in [3.8, 4) is 0 Å². The van der Waals surface area contributed by atoms with Gasteiger partial charge in [-0.3, -0.25) is 4.79 Å². The van der Waals surface area contributed by atoms with Crippen LogP contribution in [0.4, 0.5) is 0 Å². The van der Waals surface area contributed by atoms with Crippen molar-refractivity contribution in [3.05, 3.63) is 35.9 Å². The summed E-state index contributed by atoms with van der Waals surface area (Å²) < 4.78 is 23.2. The van der Waals surface area contributed by atoms with Crippen LogP contribution in [0.3, 0.4) is 0 Å². The second-order valence-corrected chi connectivity index (χ2v) is 7.46. The zero-order valence-electron chi connectivity index (χ0n) is 11.8. The third-order valence-corrected chi connectivity index (χ3v) is 5.51. The minimum Gasteiger partial charge on any atom is -0.338 e. The number of nitrogens with zero attached hydrogens (tertiary/aromatic N) is 1. The van der Waals surface area contributed by atoms with E-state index in [0.29, 0.717) is 19.4 Å². The molecule has 2 rings (SSSR count). The van der Waals surface area contributed by atoms with Crippen LogP contribution < -0.4 is 0 Å². The lowest BCUT2D eigenvalue weighted by Crippen LogP contribution is -2.42. The predicted molar refractivity (Wildman–Crippen MR) is 79.2 cm³/mol. The molecule has 0 N–H and O–H groups in total. The Bertz CT molecular complexity index is 554. The van der Waals surface area contributed by atoms with E-state index in [1.807, 2.05) is 37.3 Å². The molecule has 1 aliphatic rings. The Morgan fingerprint density at radius 1 is 1.30 bits per heavy atom. The van der Waals surface area contributed by atoms with Gasteiger partial charge in [0.2, 0.25) is 5.91 Å². The molecule has 5 heteroatoms. The highest BCUT2D eigenvalue weighted by Gasteiger charge is 2.33. The first kappa shape index (κ1) is 15.0. The maximum atomic E-state index is 12.1.